The van der Waals surface area contributed by atoms with Gasteiger partial charge >= 0.3 is 0 Å². The van der Waals surface area contributed by atoms with Gasteiger partial charge in [0.15, 0.2) is 0 Å². The predicted octanol–water partition coefficient (Wildman–Crippen LogP) is 3.28. The number of guanidine groups is 1. The highest BCUT2D eigenvalue weighted by atomic mass is 32.2. The summed E-state index contributed by atoms with van der Waals surface area (Å²) in [7, 11) is -3.73. The quantitative estimate of drug-likeness (QED) is 0.569. The Labute approximate surface area is 186 Å². The van der Waals surface area contributed by atoms with Crippen LogP contribution in [-0.2, 0) is 21.2 Å². The largest absolute Gasteiger partial charge is 0.352 e. The fourth-order valence-electron chi connectivity index (χ4n) is 4.24. The van der Waals surface area contributed by atoms with E-state index in [4.69, 9.17) is 5.41 Å². The molecule has 2 N–H and O–H groups in total. The van der Waals surface area contributed by atoms with E-state index in [0.717, 1.165) is 44.1 Å². The second-order valence-corrected chi connectivity index (χ2v) is 10.1. The van der Waals surface area contributed by atoms with E-state index in [-0.39, 0.29) is 22.8 Å². The Morgan fingerprint density at radius 2 is 1.87 bits per heavy atom. The van der Waals surface area contributed by atoms with E-state index in [9.17, 15) is 13.2 Å². The average molecular weight is 447 g/mol. The normalized spacial score (nSPS) is 18.2. The molecule has 0 bridgehead atoms. The summed E-state index contributed by atoms with van der Waals surface area (Å²) >= 11 is 0. The second kappa shape index (κ2) is 10.8. The smallest absolute Gasteiger partial charge is 0.266 e. The minimum atomic E-state index is -3.73. The number of benzene rings is 1. The molecule has 0 aromatic heterocycles. The summed E-state index contributed by atoms with van der Waals surface area (Å²) in [5.41, 5.74) is 0.956. The molecule has 0 unspecified atom stereocenters. The van der Waals surface area contributed by atoms with Crippen molar-refractivity contribution in [2.45, 2.75) is 69.2 Å². The van der Waals surface area contributed by atoms with E-state index in [0.29, 0.717) is 26.1 Å². The van der Waals surface area contributed by atoms with Crippen LogP contribution in [0.3, 0.4) is 0 Å². The first-order valence-electron chi connectivity index (χ1n) is 11.3. The number of nitrogens with one attached hydrogen (secondary N) is 2. The highest BCUT2D eigenvalue weighted by Gasteiger charge is 2.38. The van der Waals surface area contributed by atoms with Gasteiger partial charge in [0.1, 0.15) is 0 Å². The number of amides is 1. The third kappa shape index (κ3) is 5.87. The molecular weight excluding hydrogens is 412 g/mol. The van der Waals surface area contributed by atoms with Crippen LogP contribution >= 0.6 is 0 Å². The number of nitrogens with zero attached hydrogens (tertiary/aromatic N) is 2. The number of hydrogen-bond donors (Lipinski definition) is 2. The summed E-state index contributed by atoms with van der Waals surface area (Å²) in [6.07, 6.45) is 11.5. The van der Waals surface area contributed by atoms with E-state index in [1.165, 1.54) is 10.7 Å². The third-order valence-electron chi connectivity index (χ3n) is 6.02. The molecule has 1 saturated heterocycles. The van der Waals surface area contributed by atoms with Crippen molar-refractivity contribution >= 4 is 21.9 Å². The molecular formula is C23H34N4O3S. The van der Waals surface area contributed by atoms with Gasteiger partial charge < -0.3 is 10.2 Å². The van der Waals surface area contributed by atoms with E-state index in [1.54, 1.807) is 30.3 Å². The first-order chi connectivity index (χ1) is 14.9. The maximum absolute atomic E-state index is 13.1. The standard InChI is InChI=1S/C23H34N4O3S/c1-2-3-5-10-22(28)25-16-15-19-11-13-21(14-12-19)31(29,30)27-18-17-26(23(27)24)20-8-6-4-7-9-20/h5,10-14,20,24H,2-4,6-9,15-18H2,1H3,(H,25,28). The van der Waals surface area contributed by atoms with Gasteiger partial charge in [-0.25, -0.2) is 12.7 Å². The summed E-state index contributed by atoms with van der Waals surface area (Å²) in [5.74, 6) is -0.00229. The van der Waals surface area contributed by atoms with Crippen LogP contribution in [0.4, 0.5) is 0 Å². The molecule has 1 saturated carbocycles. The molecule has 2 fully saturated rings. The molecule has 1 amide bonds. The van der Waals surface area contributed by atoms with Gasteiger partial charge in [0.25, 0.3) is 10.0 Å². The lowest BCUT2D eigenvalue weighted by atomic mass is 9.94. The lowest BCUT2D eigenvalue weighted by Crippen LogP contribution is -2.42. The molecule has 1 heterocycles. The molecule has 1 aliphatic heterocycles. The van der Waals surface area contributed by atoms with Crippen LogP contribution < -0.4 is 5.32 Å². The van der Waals surface area contributed by atoms with Gasteiger partial charge in [0.05, 0.1) is 11.4 Å². The Hall–Kier alpha value is -2.35. The minimum absolute atomic E-state index is 0.106. The number of carbonyl (C=O) groups is 1. The Morgan fingerprint density at radius 1 is 1.16 bits per heavy atom. The SMILES string of the molecule is CCCC=CC(=O)NCCc1ccc(S(=O)(=O)N2CCN(C3CCCCC3)C2=N)cc1. The van der Waals surface area contributed by atoms with Crippen molar-refractivity contribution in [3.8, 4) is 0 Å². The molecule has 3 rings (SSSR count). The highest BCUT2D eigenvalue weighted by Crippen LogP contribution is 2.28. The van der Waals surface area contributed by atoms with Gasteiger partial charge in [-0.15, -0.1) is 0 Å². The summed E-state index contributed by atoms with van der Waals surface area (Å²) < 4.78 is 27.4. The van der Waals surface area contributed by atoms with Gasteiger partial charge in [-0.1, -0.05) is 50.8 Å². The van der Waals surface area contributed by atoms with Crippen LogP contribution in [0.15, 0.2) is 41.3 Å². The van der Waals surface area contributed by atoms with E-state index in [1.807, 2.05) is 11.0 Å². The molecule has 8 heteroatoms. The Kier molecular flexibility index (Phi) is 8.12. The molecule has 0 radical (unpaired) electrons. The fourth-order valence-corrected chi connectivity index (χ4v) is 5.63. The van der Waals surface area contributed by atoms with Crippen molar-refractivity contribution in [1.82, 2.24) is 14.5 Å². The lowest BCUT2D eigenvalue weighted by Gasteiger charge is -2.32. The van der Waals surface area contributed by atoms with Crippen molar-refractivity contribution < 1.29 is 13.2 Å². The van der Waals surface area contributed by atoms with Crippen LogP contribution in [0.5, 0.6) is 0 Å². The molecule has 31 heavy (non-hydrogen) atoms. The number of rotatable bonds is 9. The van der Waals surface area contributed by atoms with Crippen molar-refractivity contribution in [2.75, 3.05) is 19.6 Å². The summed E-state index contributed by atoms with van der Waals surface area (Å²) in [6.45, 7) is 3.48. The summed E-state index contributed by atoms with van der Waals surface area (Å²) in [6, 6.07) is 7.06. The molecule has 0 atom stereocenters. The molecule has 7 nitrogen and oxygen atoms in total. The van der Waals surface area contributed by atoms with Crippen molar-refractivity contribution in [1.29, 1.82) is 5.41 Å². The van der Waals surface area contributed by atoms with Gasteiger partial charge in [-0.3, -0.25) is 10.2 Å². The van der Waals surface area contributed by atoms with E-state index in [2.05, 4.69) is 12.2 Å². The van der Waals surface area contributed by atoms with Crippen molar-refractivity contribution in [3.63, 3.8) is 0 Å². The van der Waals surface area contributed by atoms with E-state index < -0.39 is 10.0 Å². The number of sulfonamides is 1. The Balaban J connectivity index is 1.56. The maximum Gasteiger partial charge on any atom is 0.266 e. The highest BCUT2D eigenvalue weighted by molar-refractivity contribution is 7.89. The number of unbranched alkanes of at least 4 members (excludes halogenated alkanes) is 1. The number of carbonyl (C=O) groups excluding carboxylic acids is 1. The fraction of sp³-hybridized carbons (Fsp3) is 0.565. The van der Waals surface area contributed by atoms with Crippen LogP contribution in [-0.4, -0.2) is 55.2 Å². The topological polar surface area (TPSA) is 93.6 Å². The zero-order chi connectivity index (χ0) is 22.3. The van der Waals surface area contributed by atoms with E-state index >= 15 is 0 Å². The Bertz CT molecular complexity index is 890. The summed E-state index contributed by atoms with van der Waals surface area (Å²) in [4.78, 5) is 13.9. The number of allylic oxidation sites excluding steroid dienone is 1. The molecule has 1 aliphatic carbocycles. The lowest BCUT2D eigenvalue weighted by molar-refractivity contribution is -0.116. The molecule has 170 valence electrons. The minimum Gasteiger partial charge on any atom is -0.352 e. The summed E-state index contributed by atoms with van der Waals surface area (Å²) in [5, 5.41) is 11.3. The van der Waals surface area contributed by atoms with Crippen LogP contribution in [0.25, 0.3) is 0 Å². The van der Waals surface area contributed by atoms with Crippen LogP contribution in [0.2, 0.25) is 0 Å². The molecule has 1 aromatic rings. The van der Waals surface area contributed by atoms with Crippen molar-refractivity contribution in [3.05, 3.63) is 42.0 Å². The van der Waals surface area contributed by atoms with Gasteiger partial charge in [-0.2, -0.15) is 0 Å². The van der Waals surface area contributed by atoms with Crippen molar-refractivity contribution in [2.24, 2.45) is 0 Å². The van der Waals surface area contributed by atoms with Gasteiger partial charge in [-0.05, 0) is 49.5 Å². The number of hydrogen-bond acceptors (Lipinski definition) is 4. The van der Waals surface area contributed by atoms with Gasteiger partial charge in [0.2, 0.25) is 11.9 Å². The Morgan fingerprint density at radius 3 is 2.55 bits per heavy atom. The van der Waals surface area contributed by atoms with Gasteiger partial charge in [0, 0.05) is 19.1 Å². The third-order valence-corrected chi connectivity index (χ3v) is 7.82. The molecule has 1 aromatic carbocycles. The monoisotopic (exact) mass is 446 g/mol. The average Bonchev–Trinajstić information content (AvgIpc) is 3.17. The maximum atomic E-state index is 13.1. The molecule has 2 aliphatic rings. The zero-order valence-electron chi connectivity index (χ0n) is 18.3. The first kappa shape index (κ1) is 23.3. The first-order valence-corrected chi connectivity index (χ1v) is 12.8. The molecule has 0 spiro atoms. The zero-order valence-corrected chi connectivity index (χ0v) is 19.2. The van der Waals surface area contributed by atoms with Crippen LogP contribution in [0, 0.1) is 5.41 Å². The van der Waals surface area contributed by atoms with Crippen LogP contribution in [0.1, 0.15) is 57.4 Å². The second-order valence-electron chi connectivity index (χ2n) is 8.26. The predicted molar refractivity (Wildman–Crippen MR) is 122 cm³/mol.